The molecule has 2 aromatic rings. The molecule has 1 atom stereocenters. The summed E-state index contributed by atoms with van der Waals surface area (Å²) in [7, 11) is 0. The molecule has 0 saturated carbocycles. The molecule has 0 aliphatic heterocycles. The van der Waals surface area contributed by atoms with Crippen molar-refractivity contribution in [2.75, 3.05) is 6.61 Å². The highest BCUT2D eigenvalue weighted by atomic mass is 79.9. The van der Waals surface area contributed by atoms with Crippen molar-refractivity contribution >= 4 is 43.5 Å². The van der Waals surface area contributed by atoms with Gasteiger partial charge in [0.25, 0.3) is 0 Å². The van der Waals surface area contributed by atoms with Crippen LogP contribution in [0.25, 0.3) is 0 Å². The Labute approximate surface area is 143 Å². The Hall–Kier alpha value is -0.650. The topological polar surface area (TPSA) is 9.23 Å². The molecule has 0 bridgehead atoms. The Morgan fingerprint density at radius 2 is 1.71 bits per heavy atom. The second-order valence-corrected chi connectivity index (χ2v) is 6.53. The van der Waals surface area contributed by atoms with Crippen molar-refractivity contribution < 1.29 is 13.5 Å². The average Bonchev–Trinajstić information content (AvgIpc) is 2.39. The molecule has 0 aliphatic rings. The lowest BCUT2D eigenvalue weighted by molar-refractivity contribution is 0.336. The summed E-state index contributed by atoms with van der Waals surface area (Å²) in [5.74, 6) is -0.906. The highest BCUT2D eigenvalue weighted by molar-refractivity contribution is 9.10. The van der Waals surface area contributed by atoms with E-state index in [-0.39, 0.29) is 5.56 Å². The van der Waals surface area contributed by atoms with Crippen molar-refractivity contribution in [3.63, 3.8) is 0 Å². The summed E-state index contributed by atoms with van der Waals surface area (Å²) >= 11 is 12.7. The molecule has 6 heteroatoms. The minimum Gasteiger partial charge on any atom is -0.494 e. The van der Waals surface area contributed by atoms with E-state index in [1.807, 2.05) is 6.92 Å². The lowest BCUT2D eigenvalue weighted by Crippen LogP contribution is -2.04. The van der Waals surface area contributed by atoms with Gasteiger partial charge in [-0.05, 0) is 37.3 Å². The Bertz CT molecular complexity index is 641. The second-order valence-electron chi connectivity index (χ2n) is 4.26. The van der Waals surface area contributed by atoms with Gasteiger partial charge in [0.2, 0.25) is 0 Å². The van der Waals surface area contributed by atoms with Gasteiger partial charge in [0.1, 0.15) is 17.4 Å². The van der Waals surface area contributed by atoms with Crippen LogP contribution in [0.4, 0.5) is 8.78 Å². The molecule has 0 amide bonds. The van der Waals surface area contributed by atoms with E-state index in [0.29, 0.717) is 22.4 Å². The van der Waals surface area contributed by atoms with Gasteiger partial charge < -0.3 is 4.74 Å². The zero-order chi connectivity index (χ0) is 15.6. The van der Waals surface area contributed by atoms with Crippen molar-refractivity contribution in [1.29, 1.82) is 0 Å². The summed E-state index contributed by atoms with van der Waals surface area (Å²) in [4.78, 5) is 0. The molecule has 0 spiro atoms. The summed E-state index contributed by atoms with van der Waals surface area (Å²) in [6, 6.07) is 7.57. The van der Waals surface area contributed by atoms with Crippen LogP contribution in [0.3, 0.4) is 0 Å². The first-order valence-corrected chi connectivity index (χ1v) is 8.17. The first kappa shape index (κ1) is 16.7. The van der Waals surface area contributed by atoms with Gasteiger partial charge in [0.05, 0.1) is 12.0 Å². The maximum absolute atomic E-state index is 14.1. The number of rotatable bonds is 4. The molecule has 0 N–H and O–H groups in total. The zero-order valence-electron chi connectivity index (χ0n) is 11.0. The van der Waals surface area contributed by atoms with Crippen LogP contribution in [0.5, 0.6) is 5.75 Å². The quantitative estimate of drug-likeness (QED) is 0.513. The Balaban J connectivity index is 2.54. The third-order valence-electron chi connectivity index (χ3n) is 2.84. The fourth-order valence-electron chi connectivity index (χ4n) is 1.96. The van der Waals surface area contributed by atoms with E-state index >= 15 is 0 Å². The maximum Gasteiger partial charge on any atom is 0.132 e. The van der Waals surface area contributed by atoms with Crippen molar-refractivity contribution in [3.05, 3.63) is 62.0 Å². The van der Waals surface area contributed by atoms with Gasteiger partial charge >= 0.3 is 0 Å². The molecule has 1 unspecified atom stereocenters. The first-order chi connectivity index (χ1) is 9.93. The highest BCUT2D eigenvalue weighted by Crippen LogP contribution is 2.39. The van der Waals surface area contributed by atoms with Gasteiger partial charge in [0.15, 0.2) is 0 Å². The van der Waals surface area contributed by atoms with Gasteiger partial charge in [-0.25, -0.2) is 8.78 Å². The molecular formula is C15H11Br2ClF2O. The van der Waals surface area contributed by atoms with Crippen molar-refractivity contribution in [2.24, 2.45) is 0 Å². The molecule has 2 rings (SSSR count). The minimum atomic E-state index is -0.989. The fraction of sp³-hybridized carbons (Fsp3) is 0.200. The molecule has 2 aromatic carbocycles. The highest BCUT2D eigenvalue weighted by Gasteiger charge is 2.24. The third kappa shape index (κ3) is 3.76. The van der Waals surface area contributed by atoms with E-state index in [1.165, 1.54) is 12.1 Å². The zero-order valence-corrected chi connectivity index (χ0v) is 14.9. The molecule has 0 aromatic heterocycles. The van der Waals surface area contributed by atoms with Crippen molar-refractivity contribution in [1.82, 2.24) is 0 Å². The Morgan fingerprint density at radius 3 is 2.29 bits per heavy atom. The number of halogens is 5. The lowest BCUT2D eigenvalue weighted by atomic mass is 10.0. The molecule has 112 valence electrons. The molecule has 0 radical (unpaired) electrons. The van der Waals surface area contributed by atoms with Crippen LogP contribution in [0.15, 0.2) is 39.3 Å². The van der Waals surface area contributed by atoms with Gasteiger partial charge in [-0.15, -0.1) is 11.6 Å². The van der Waals surface area contributed by atoms with Crippen LogP contribution in [-0.2, 0) is 0 Å². The molecule has 0 saturated heterocycles. The van der Waals surface area contributed by atoms with E-state index in [1.54, 1.807) is 18.2 Å². The molecule has 21 heavy (non-hydrogen) atoms. The van der Waals surface area contributed by atoms with E-state index in [4.69, 9.17) is 16.3 Å². The standard InChI is InChI=1S/C15H11Br2ClF2O/c1-2-21-13-4-3-8(16)5-10(13)15(18)14-11(19)6-9(17)7-12(14)20/h3-7,15H,2H2,1H3. The summed E-state index contributed by atoms with van der Waals surface area (Å²) < 4.78 is 34.7. The van der Waals surface area contributed by atoms with Crippen molar-refractivity contribution in [3.8, 4) is 5.75 Å². The SMILES string of the molecule is CCOc1ccc(Br)cc1C(Cl)c1c(F)cc(Br)cc1F. The van der Waals surface area contributed by atoms with Crippen LogP contribution in [0.1, 0.15) is 23.4 Å². The Kier molecular flexibility index (Phi) is 5.63. The molecule has 1 nitrogen and oxygen atoms in total. The third-order valence-corrected chi connectivity index (χ3v) is 4.25. The predicted molar refractivity (Wildman–Crippen MR) is 87.1 cm³/mol. The predicted octanol–water partition coefficient (Wildman–Crippen LogP) is 6.22. The van der Waals surface area contributed by atoms with Gasteiger partial charge in [-0.1, -0.05) is 31.9 Å². The molecule has 0 fully saturated rings. The number of hydrogen-bond donors (Lipinski definition) is 0. The van der Waals surface area contributed by atoms with Crippen LogP contribution >= 0.6 is 43.5 Å². The van der Waals surface area contributed by atoms with Crippen molar-refractivity contribution in [2.45, 2.75) is 12.3 Å². The van der Waals surface area contributed by atoms with Crippen LogP contribution in [0.2, 0.25) is 0 Å². The summed E-state index contributed by atoms with van der Waals surface area (Å²) in [5.41, 5.74) is 0.312. The smallest absolute Gasteiger partial charge is 0.132 e. The number of alkyl halides is 1. The van der Waals surface area contributed by atoms with E-state index < -0.39 is 17.0 Å². The van der Waals surface area contributed by atoms with Crippen LogP contribution in [0, 0.1) is 11.6 Å². The summed E-state index contributed by atoms with van der Waals surface area (Å²) in [5, 5.41) is -0.989. The second kappa shape index (κ2) is 7.07. The molecule has 0 heterocycles. The number of hydrogen-bond acceptors (Lipinski definition) is 1. The van der Waals surface area contributed by atoms with Crippen LogP contribution in [-0.4, -0.2) is 6.61 Å². The van der Waals surface area contributed by atoms with Gasteiger partial charge in [-0.3, -0.25) is 0 Å². The van der Waals surface area contributed by atoms with E-state index in [0.717, 1.165) is 4.47 Å². The number of benzene rings is 2. The minimum absolute atomic E-state index is 0.195. The summed E-state index contributed by atoms with van der Waals surface area (Å²) in [6.45, 7) is 2.26. The van der Waals surface area contributed by atoms with Gasteiger partial charge in [-0.2, -0.15) is 0 Å². The monoisotopic (exact) mass is 438 g/mol. The normalized spacial score (nSPS) is 12.3. The molecule has 0 aliphatic carbocycles. The van der Waals surface area contributed by atoms with Gasteiger partial charge in [0, 0.05) is 20.1 Å². The average molecular weight is 441 g/mol. The maximum atomic E-state index is 14.1. The van der Waals surface area contributed by atoms with E-state index in [9.17, 15) is 8.78 Å². The fourth-order valence-corrected chi connectivity index (χ4v) is 3.12. The molecular weight excluding hydrogens is 429 g/mol. The van der Waals surface area contributed by atoms with Crippen LogP contribution < -0.4 is 4.74 Å². The van der Waals surface area contributed by atoms with E-state index in [2.05, 4.69) is 31.9 Å². The number of ether oxygens (including phenoxy) is 1. The summed E-state index contributed by atoms with van der Waals surface area (Å²) in [6.07, 6.45) is 0. The first-order valence-electron chi connectivity index (χ1n) is 6.14. The lowest BCUT2D eigenvalue weighted by Gasteiger charge is -2.17. The largest absolute Gasteiger partial charge is 0.494 e. The Morgan fingerprint density at radius 1 is 1.10 bits per heavy atom.